The number of ether oxygens (including phenoxy) is 1. The molecule has 1 saturated carbocycles. The molecule has 1 fully saturated rings. The molecular weight excluding hydrogens is 324 g/mol. The van der Waals surface area contributed by atoms with Gasteiger partial charge in [-0.2, -0.15) is 0 Å². The summed E-state index contributed by atoms with van der Waals surface area (Å²) in [7, 11) is 1.73. The number of benzene rings is 1. The molecular formula is C18H22N2O3S. The Bertz CT molecular complexity index is 681. The molecule has 0 aliphatic heterocycles. The van der Waals surface area contributed by atoms with E-state index >= 15 is 0 Å². The fourth-order valence-corrected chi connectivity index (χ4v) is 3.68. The maximum absolute atomic E-state index is 12.8. The van der Waals surface area contributed by atoms with E-state index in [1.54, 1.807) is 29.6 Å². The van der Waals surface area contributed by atoms with Gasteiger partial charge < -0.3 is 14.7 Å². The molecule has 6 heteroatoms. The van der Waals surface area contributed by atoms with Crippen LogP contribution < -0.4 is 4.74 Å². The lowest BCUT2D eigenvalue weighted by Gasteiger charge is -2.29. The topological polar surface area (TPSA) is 62.7 Å². The van der Waals surface area contributed by atoms with E-state index in [4.69, 9.17) is 4.74 Å². The summed E-state index contributed by atoms with van der Waals surface area (Å²) in [6.07, 6.45) is 3.55. The molecule has 128 valence electrons. The van der Waals surface area contributed by atoms with Gasteiger partial charge in [0.1, 0.15) is 12.4 Å². The number of likely N-dealkylation sites (N-methyl/N-ethyl adjacent to an activating group) is 1. The van der Waals surface area contributed by atoms with E-state index < -0.39 is 5.60 Å². The van der Waals surface area contributed by atoms with Crippen LogP contribution in [0.5, 0.6) is 5.75 Å². The summed E-state index contributed by atoms with van der Waals surface area (Å²) in [4.78, 5) is 18.6. The van der Waals surface area contributed by atoms with Crippen LogP contribution in [0.15, 0.2) is 35.2 Å². The van der Waals surface area contributed by atoms with Crippen LogP contribution in [0.2, 0.25) is 0 Å². The van der Waals surface area contributed by atoms with Crippen molar-refractivity contribution in [1.29, 1.82) is 0 Å². The normalized spacial score (nSPS) is 16.1. The monoisotopic (exact) mass is 346 g/mol. The standard InChI is InChI=1S/C18H22N2O3S/c1-20(12-18(22)8-4-5-9-18)17(21)15-6-2-3-7-16(15)23-10-14-11-24-13-19-14/h2-3,6-7,11,13,22H,4-5,8-10,12H2,1H3. The molecule has 1 heterocycles. The van der Waals surface area contributed by atoms with Crippen molar-refractivity contribution in [2.24, 2.45) is 0 Å². The average Bonchev–Trinajstić information content (AvgIpc) is 3.24. The number of amides is 1. The first-order valence-electron chi connectivity index (χ1n) is 8.14. The lowest BCUT2D eigenvalue weighted by Crippen LogP contribution is -2.42. The van der Waals surface area contributed by atoms with E-state index in [0.29, 0.717) is 24.5 Å². The molecule has 1 aromatic carbocycles. The van der Waals surface area contributed by atoms with Crippen molar-refractivity contribution in [3.63, 3.8) is 0 Å². The third-order valence-electron chi connectivity index (χ3n) is 4.39. The average molecular weight is 346 g/mol. The van der Waals surface area contributed by atoms with Gasteiger partial charge in [-0.25, -0.2) is 4.98 Å². The van der Waals surface area contributed by atoms with Crippen LogP contribution in [0, 0.1) is 0 Å². The molecule has 5 nitrogen and oxygen atoms in total. The van der Waals surface area contributed by atoms with E-state index in [-0.39, 0.29) is 5.91 Å². The Hall–Kier alpha value is -1.92. The lowest BCUT2D eigenvalue weighted by molar-refractivity contribution is 0.0155. The molecule has 0 radical (unpaired) electrons. The van der Waals surface area contributed by atoms with Gasteiger partial charge >= 0.3 is 0 Å². The number of thiazole rings is 1. The smallest absolute Gasteiger partial charge is 0.257 e. The molecule has 1 amide bonds. The van der Waals surface area contributed by atoms with E-state index in [2.05, 4.69) is 4.98 Å². The van der Waals surface area contributed by atoms with Gasteiger partial charge in [-0.05, 0) is 25.0 Å². The van der Waals surface area contributed by atoms with Crippen molar-refractivity contribution in [2.45, 2.75) is 37.9 Å². The summed E-state index contributed by atoms with van der Waals surface area (Å²) < 4.78 is 5.78. The Kier molecular flexibility index (Phi) is 5.16. The molecule has 3 rings (SSSR count). The Labute approximate surface area is 145 Å². The molecule has 0 saturated heterocycles. The predicted octanol–water partition coefficient (Wildman–Crippen LogP) is 3.10. The van der Waals surface area contributed by atoms with Gasteiger partial charge in [0.25, 0.3) is 5.91 Å². The lowest BCUT2D eigenvalue weighted by atomic mass is 10.0. The minimum absolute atomic E-state index is 0.135. The minimum Gasteiger partial charge on any atom is -0.486 e. The highest BCUT2D eigenvalue weighted by atomic mass is 32.1. The number of para-hydroxylation sites is 1. The third kappa shape index (κ3) is 3.94. The maximum Gasteiger partial charge on any atom is 0.257 e. The second-order valence-electron chi connectivity index (χ2n) is 6.36. The summed E-state index contributed by atoms with van der Waals surface area (Å²) in [5.74, 6) is 0.407. The van der Waals surface area contributed by atoms with Gasteiger partial charge in [0.2, 0.25) is 0 Å². The zero-order valence-electron chi connectivity index (χ0n) is 13.8. The van der Waals surface area contributed by atoms with Crippen LogP contribution in [0.3, 0.4) is 0 Å². The molecule has 1 aromatic heterocycles. The first kappa shape index (κ1) is 16.9. The van der Waals surface area contributed by atoms with Crippen molar-refractivity contribution in [1.82, 2.24) is 9.88 Å². The van der Waals surface area contributed by atoms with Gasteiger partial charge in [-0.1, -0.05) is 25.0 Å². The second-order valence-corrected chi connectivity index (χ2v) is 7.08. The van der Waals surface area contributed by atoms with E-state index in [0.717, 1.165) is 31.4 Å². The number of carbonyl (C=O) groups is 1. The van der Waals surface area contributed by atoms with E-state index in [9.17, 15) is 9.90 Å². The Morgan fingerprint density at radius 1 is 1.38 bits per heavy atom. The summed E-state index contributed by atoms with van der Waals surface area (Å²) in [6, 6.07) is 7.21. The predicted molar refractivity (Wildman–Crippen MR) is 93.3 cm³/mol. The number of aliphatic hydroxyl groups is 1. The molecule has 0 atom stereocenters. The van der Waals surface area contributed by atoms with Crippen molar-refractivity contribution in [2.75, 3.05) is 13.6 Å². The van der Waals surface area contributed by atoms with Crippen LogP contribution in [0.25, 0.3) is 0 Å². The van der Waals surface area contributed by atoms with Crippen LogP contribution in [0.4, 0.5) is 0 Å². The van der Waals surface area contributed by atoms with Crippen molar-refractivity contribution >= 4 is 17.2 Å². The van der Waals surface area contributed by atoms with Crippen LogP contribution in [-0.2, 0) is 6.61 Å². The number of rotatable bonds is 6. The molecule has 0 unspecified atom stereocenters. The molecule has 1 N–H and O–H groups in total. The fraction of sp³-hybridized carbons (Fsp3) is 0.444. The van der Waals surface area contributed by atoms with Crippen LogP contribution in [-0.4, -0.2) is 40.1 Å². The highest BCUT2D eigenvalue weighted by molar-refractivity contribution is 7.07. The number of aromatic nitrogens is 1. The number of carbonyl (C=O) groups excluding carboxylic acids is 1. The van der Waals surface area contributed by atoms with Crippen molar-refractivity contribution in [3.05, 3.63) is 46.4 Å². The van der Waals surface area contributed by atoms with E-state index in [1.807, 2.05) is 17.5 Å². The van der Waals surface area contributed by atoms with Crippen molar-refractivity contribution in [3.8, 4) is 5.75 Å². The van der Waals surface area contributed by atoms with Crippen LogP contribution in [0.1, 0.15) is 41.7 Å². The molecule has 1 aliphatic carbocycles. The second kappa shape index (κ2) is 7.32. The summed E-state index contributed by atoms with van der Waals surface area (Å²) >= 11 is 1.51. The summed E-state index contributed by atoms with van der Waals surface area (Å²) in [6.45, 7) is 0.688. The highest BCUT2D eigenvalue weighted by Crippen LogP contribution is 2.30. The highest BCUT2D eigenvalue weighted by Gasteiger charge is 2.34. The van der Waals surface area contributed by atoms with Gasteiger partial charge in [-0.15, -0.1) is 11.3 Å². The first-order chi connectivity index (χ1) is 11.6. The summed E-state index contributed by atoms with van der Waals surface area (Å²) in [5.41, 5.74) is 2.36. The zero-order valence-corrected chi connectivity index (χ0v) is 14.6. The van der Waals surface area contributed by atoms with Gasteiger partial charge in [0, 0.05) is 19.0 Å². The van der Waals surface area contributed by atoms with Gasteiger partial charge in [-0.3, -0.25) is 4.79 Å². The SMILES string of the molecule is CN(CC1(O)CCCC1)C(=O)c1ccccc1OCc1cscn1. The summed E-state index contributed by atoms with van der Waals surface area (Å²) in [5, 5.41) is 12.4. The first-order valence-corrected chi connectivity index (χ1v) is 9.08. The van der Waals surface area contributed by atoms with Crippen molar-refractivity contribution < 1.29 is 14.6 Å². The maximum atomic E-state index is 12.8. The number of nitrogens with zero attached hydrogens (tertiary/aromatic N) is 2. The minimum atomic E-state index is -0.749. The quantitative estimate of drug-likeness (QED) is 0.873. The molecule has 0 bridgehead atoms. The number of hydrogen-bond donors (Lipinski definition) is 1. The fourth-order valence-electron chi connectivity index (χ4n) is 3.14. The molecule has 0 spiro atoms. The molecule has 1 aliphatic rings. The third-order valence-corrected chi connectivity index (χ3v) is 5.02. The van der Waals surface area contributed by atoms with Gasteiger partial charge in [0.15, 0.2) is 0 Å². The van der Waals surface area contributed by atoms with Gasteiger partial charge in [0.05, 0.1) is 22.4 Å². The largest absolute Gasteiger partial charge is 0.486 e. The molecule has 24 heavy (non-hydrogen) atoms. The number of hydrogen-bond acceptors (Lipinski definition) is 5. The van der Waals surface area contributed by atoms with Crippen LogP contribution >= 0.6 is 11.3 Å². The Balaban J connectivity index is 1.69. The molecule has 2 aromatic rings. The Morgan fingerprint density at radius 3 is 2.83 bits per heavy atom. The zero-order chi connectivity index (χ0) is 17.0. The Morgan fingerprint density at radius 2 is 2.12 bits per heavy atom. The van der Waals surface area contributed by atoms with E-state index in [1.165, 1.54) is 11.3 Å².